The number of nitrogens with one attached hydrogen (secondary N) is 1. The van der Waals surface area contributed by atoms with Gasteiger partial charge in [-0.2, -0.15) is 0 Å². The molecule has 2 heterocycles. The summed E-state index contributed by atoms with van der Waals surface area (Å²) in [7, 11) is 0. The number of piperidine rings is 1. The molecule has 0 aliphatic carbocycles. The molecule has 1 aliphatic heterocycles. The monoisotopic (exact) mass is 340 g/mol. The number of hydrogen-bond acceptors (Lipinski definition) is 5. The van der Waals surface area contributed by atoms with E-state index in [4.69, 9.17) is 0 Å². The van der Waals surface area contributed by atoms with Gasteiger partial charge in [0.2, 0.25) is 5.91 Å². The standard InChI is InChI=1S/C19H24N4O2/c24-17(15-4-2-1-3-5-15)6-9-22-19(25)16-7-12-23(13-8-16)18-14-20-10-11-21-18/h1-5,10-11,14,16-17,24H,6-9,12-13H2,(H,22,25). The van der Waals surface area contributed by atoms with Crippen molar-refractivity contribution in [2.45, 2.75) is 25.4 Å². The van der Waals surface area contributed by atoms with Crippen molar-refractivity contribution in [3.05, 3.63) is 54.5 Å². The predicted molar refractivity (Wildman–Crippen MR) is 96.0 cm³/mol. The largest absolute Gasteiger partial charge is 0.388 e. The molecule has 0 saturated carbocycles. The maximum absolute atomic E-state index is 12.3. The summed E-state index contributed by atoms with van der Waals surface area (Å²) in [6.07, 6.45) is 6.70. The fraction of sp³-hybridized carbons (Fsp3) is 0.421. The molecule has 1 aliphatic rings. The first-order chi connectivity index (χ1) is 12.2. The third-order valence-corrected chi connectivity index (χ3v) is 4.64. The van der Waals surface area contributed by atoms with Gasteiger partial charge in [-0.3, -0.25) is 9.78 Å². The number of rotatable bonds is 6. The topological polar surface area (TPSA) is 78.4 Å². The molecule has 2 aromatic rings. The van der Waals surface area contributed by atoms with Crippen LogP contribution in [-0.4, -0.2) is 40.6 Å². The molecule has 25 heavy (non-hydrogen) atoms. The van der Waals surface area contributed by atoms with E-state index in [1.807, 2.05) is 30.3 Å². The molecule has 6 heteroatoms. The van der Waals surface area contributed by atoms with Gasteiger partial charge >= 0.3 is 0 Å². The zero-order chi connectivity index (χ0) is 17.5. The summed E-state index contributed by atoms with van der Waals surface area (Å²) in [6.45, 7) is 2.10. The average molecular weight is 340 g/mol. The highest BCUT2D eigenvalue weighted by molar-refractivity contribution is 5.78. The molecule has 1 unspecified atom stereocenters. The number of aromatic nitrogens is 2. The lowest BCUT2D eigenvalue weighted by molar-refractivity contribution is -0.125. The normalized spacial score (nSPS) is 16.4. The van der Waals surface area contributed by atoms with Crippen molar-refractivity contribution in [1.29, 1.82) is 0 Å². The summed E-state index contributed by atoms with van der Waals surface area (Å²) >= 11 is 0. The second-order valence-corrected chi connectivity index (χ2v) is 6.33. The molecule has 1 saturated heterocycles. The first-order valence-corrected chi connectivity index (χ1v) is 8.75. The molecule has 0 radical (unpaired) electrons. The van der Waals surface area contributed by atoms with Crippen LogP contribution >= 0.6 is 0 Å². The molecule has 1 aromatic heterocycles. The number of benzene rings is 1. The van der Waals surface area contributed by atoms with E-state index in [1.54, 1.807) is 18.6 Å². The summed E-state index contributed by atoms with van der Waals surface area (Å²) in [5.41, 5.74) is 0.883. The van der Waals surface area contributed by atoms with E-state index in [0.717, 1.165) is 37.3 Å². The minimum Gasteiger partial charge on any atom is -0.388 e. The van der Waals surface area contributed by atoms with Crippen LogP contribution in [0.1, 0.15) is 30.9 Å². The second kappa shape index (κ2) is 8.58. The van der Waals surface area contributed by atoms with Gasteiger partial charge in [-0.1, -0.05) is 30.3 Å². The van der Waals surface area contributed by atoms with Gasteiger partial charge < -0.3 is 15.3 Å². The Labute approximate surface area is 147 Å². The predicted octanol–water partition coefficient (Wildman–Crippen LogP) is 1.93. The number of carbonyl (C=O) groups excluding carboxylic acids is 1. The Morgan fingerprint density at radius 3 is 2.68 bits per heavy atom. The number of aliphatic hydroxyl groups is 1. The summed E-state index contributed by atoms with van der Waals surface area (Å²) < 4.78 is 0. The number of hydrogen-bond donors (Lipinski definition) is 2. The van der Waals surface area contributed by atoms with Crippen molar-refractivity contribution in [3.63, 3.8) is 0 Å². The van der Waals surface area contributed by atoms with Crippen LogP contribution in [0.4, 0.5) is 5.82 Å². The highest BCUT2D eigenvalue weighted by Crippen LogP contribution is 2.21. The summed E-state index contributed by atoms with van der Waals surface area (Å²) in [4.78, 5) is 22.9. The Bertz CT molecular complexity index is 658. The van der Waals surface area contributed by atoms with Crippen LogP contribution in [0.15, 0.2) is 48.9 Å². The Hall–Kier alpha value is -2.47. The first kappa shape index (κ1) is 17.4. The summed E-state index contributed by atoms with van der Waals surface area (Å²) in [5, 5.41) is 13.1. The van der Waals surface area contributed by atoms with Gasteiger partial charge in [0.05, 0.1) is 12.3 Å². The van der Waals surface area contributed by atoms with Crippen LogP contribution in [0.5, 0.6) is 0 Å². The highest BCUT2D eigenvalue weighted by Gasteiger charge is 2.25. The number of aliphatic hydroxyl groups excluding tert-OH is 1. The van der Waals surface area contributed by atoms with E-state index >= 15 is 0 Å². The molecule has 1 aromatic carbocycles. The van der Waals surface area contributed by atoms with E-state index in [0.29, 0.717) is 13.0 Å². The Morgan fingerprint density at radius 2 is 2.00 bits per heavy atom. The molecular weight excluding hydrogens is 316 g/mol. The fourth-order valence-corrected chi connectivity index (χ4v) is 3.14. The van der Waals surface area contributed by atoms with Crippen LogP contribution in [0.2, 0.25) is 0 Å². The van der Waals surface area contributed by atoms with Gasteiger partial charge in [0, 0.05) is 37.9 Å². The average Bonchev–Trinajstić information content (AvgIpc) is 2.69. The van der Waals surface area contributed by atoms with Crippen molar-refractivity contribution in [3.8, 4) is 0 Å². The smallest absolute Gasteiger partial charge is 0.223 e. The Morgan fingerprint density at radius 1 is 1.24 bits per heavy atom. The zero-order valence-electron chi connectivity index (χ0n) is 14.2. The molecular formula is C19H24N4O2. The van der Waals surface area contributed by atoms with Crippen molar-refractivity contribution < 1.29 is 9.90 Å². The molecule has 6 nitrogen and oxygen atoms in total. The lowest BCUT2D eigenvalue weighted by atomic mass is 9.96. The fourth-order valence-electron chi connectivity index (χ4n) is 3.14. The van der Waals surface area contributed by atoms with Crippen LogP contribution in [-0.2, 0) is 4.79 Å². The maximum atomic E-state index is 12.3. The molecule has 0 spiro atoms. The number of anilines is 1. The third-order valence-electron chi connectivity index (χ3n) is 4.64. The highest BCUT2D eigenvalue weighted by atomic mass is 16.3. The summed E-state index contributed by atoms with van der Waals surface area (Å²) in [6, 6.07) is 9.53. The number of amides is 1. The van der Waals surface area contributed by atoms with Crippen LogP contribution in [0.3, 0.4) is 0 Å². The second-order valence-electron chi connectivity index (χ2n) is 6.33. The number of carbonyl (C=O) groups is 1. The SMILES string of the molecule is O=C(NCCC(O)c1ccccc1)C1CCN(c2cnccn2)CC1. The van der Waals surface area contributed by atoms with Crippen molar-refractivity contribution in [1.82, 2.24) is 15.3 Å². The minimum atomic E-state index is -0.542. The Kier molecular flexibility index (Phi) is 5.95. The van der Waals surface area contributed by atoms with Gasteiger partial charge in [0.15, 0.2) is 0 Å². The Balaban J connectivity index is 1.39. The minimum absolute atomic E-state index is 0.0294. The number of nitrogens with zero attached hydrogens (tertiary/aromatic N) is 3. The van der Waals surface area contributed by atoms with Gasteiger partial charge in [0.25, 0.3) is 0 Å². The van der Waals surface area contributed by atoms with E-state index in [2.05, 4.69) is 20.2 Å². The van der Waals surface area contributed by atoms with Gasteiger partial charge in [-0.15, -0.1) is 0 Å². The lowest BCUT2D eigenvalue weighted by Gasteiger charge is -2.31. The van der Waals surface area contributed by atoms with Crippen molar-refractivity contribution in [2.75, 3.05) is 24.5 Å². The molecule has 132 valence electrons. The first-order valence-electron chi connectivity index (χ1n) is 8.75. The van der Waals surface area contributed by atoms with Crippen molar-refractivity contribution in [2.24, 2.45) is 5.92 Å². The van der Waals surface area contributed by atoms with Crippen LogP contribution in [0, 0.1) is 5.92 Å². The van der Waals surface area contributed by atoms with Gasteiger partial charge in [0.1, 0.15) is 5.82 Å². The van der Waals surface area contributed by atoms with E-state index in [9.17, 15) is 9.90 Å². The van der Waals surface area contributed by atoms with Gasteiger partial charge in [-0.25, -0.2) is 4.98 Å². The zero-order valence-corrected chi connectivity index (χ0v) is 14.2. The maximum Gasteiger partial charge on any atom is 0.223 e. The molecule has 2 N–H and O–H groups in total. The van der Waals surface area contributed by atoms with Crippen molar-refractivity contribution >= 4 is 11.7 Å². The van der Waals surface area contributed by atoms with E-state index < -0.39 is 6.10 Å². The molecule has 0 bridgehead atoms. The molecule has 3 rings (SSSR count). The lowest BCUT2D eigenvalue weighted by Crippen LogP contribution is -2.41. The van der Waals surface area contributed by atoms with Gasteiger partial charge in [-0.05, 0) is 24.8 Å². The third kappa shape index (κ3) is 4.76. The van der Waals surface area contributed by atoms with Crippen LogP contribution in [0.25, 0.3) is 0 Å². The van der Waals surface area contributed by atoms with Crippen LogP contribution < -0.4 is 10.2 Å². The van der Waals surface area contributed by atoms with E-state index in [1.165, 1.54) is 0 Å². The van der Waals surface area contributed by atoms with E-state index in [-0.39, 0.29) is 11.8 Å². The quantitative estimate of drug-likeness (QED) is 0.840. The molecule has 1 amide bonds. The molecule has 1 atom stereocenters. The summed E-state index contributed by atoms with van der Waals surface area (Å²) in [5.74, 6) is 0.980. The molecule has 1 fully saturated rings.